The maximum atomic E-state index is 13.5. The van der Waals surface area contributed by atoms with Crippen LogP contribution in [0.1, 0.15) is 27.9 Å². The molecule has 178 valence electrons. The van der Waals surface area contributed by atoms with Gasteiger partial charge in [0.25, 0.3) is 0 Å². The van der Waals surface area contributed by atoms with E-state index in [0.717, 1.165) is 0 Å². The zero-order valence-corrected chi connectivity index (χ0v) is 20.1. The number of aryl methyl sites for hydroxylation is 1. The summed E-state index contributed by atoms with van der Waals surface area (Å²) in [7, 11) is 0. The molecule has 0 aliphatic rings. The lowest BCUT2D eigenvalue weighted by molar-refractivity contribution is -0.117. The predicted molar refractivity (Wildman–Crippen MR) is 132 cm³/mol. The molecule has 0 heterocycles. The summed E-state index contributed by atoms with van der Waals surface area (Å²) < 4.78 is 13.5. The van der Waals surface area contributed by atoms with Gasteiger partial charge in [-0.1, -0.05) is 47.5 Å². The van der Waals surface area contributed by atoms with Gasteiger partial charge in [0.05, 0.1) is 22.2 Å². The molecule has 0 saturated carbocycles. The van der Waals surface area contributed by atoms with Crippen molar-refractivity contribution in [3.63, 3.8) is 0 Å². The van der Waals surface area contributed by atoms with E-state index in [4.69, 9.17) is 34.8 Å². The number of benzene rings is 3. The van der Waals surface area contributed by atoms with Gasteiger partial charge < -0.3 is 15.1 Å². The molecule has 0 fully saturated rings. The van der Waals surface area contributed by atoms with Crippen molar-refractivity contribution < 1.29 is 24.2 Å². The van der Waals surface area contributed by atoms with Crippen LogP contribution >= 0.6 is 34.8 Å². The van der Waals surface area contributed by atoms with E-state index in [1.165, 1.54) is 47.4 Å². The van der Waals surface area contributed by atoms with Gasteiger partial charge in [0, 0.05) is 5.69 Å². The number of rotatable bonds is 9. The van der Waals surface area contributed by atoms with Crippen LogP contribution in [0.4, 0.5) is 10.1 Å². The molecule has 1 atom stereocenters. The van der Waals surface area contributed by atoms with Crippen molar-refractivity contribution in [2.75, 3.05) is 17.3 Å². The topological polar surface area (TPSA) is 77.8 Å². The lowest BCUT2D eigenvalue weighted by Crippen LogP contribution is -2.45. The molecule has 2 N–H and O–H groups in total. The van der Waals surface area contributed by atoms with Gasteiger partial charge in [-0.15, -0.1) is 11.6 Å². The number of aromatic carboxylic acids is 1. The lowest BCUT2D eigenvalue weighted by Gasteiger charge is -2.35. The summed E-state index contributed by atoms with van der Waals surface area (Å²) in [6.45, 7) is -0.239. The number of carbonyl (C=O) groups excluding carboxylic acids is 1. The maximum Gasteiger partial charge on any atom is 0.335 e. The first-order valence-electron chi connectivity index (χ1n) is 10.3. The molecule has 5 nitrogen and oxygen atoms in total. The van der Waals surface area contributed by atoms with E-state index in [0.29, 0.717) is 16.8 Å². The number of carbonyl (C=O) groups is 2. The molecule has 0 aliphatic carbocycles. The number of halogens is 4. The average Bonchev–Trinajstić information content (AvgIpc) is 2.83. The highest BCUT2D eigenvalue weighted by Crippen LogP contribution is 2.34. The third kappa shape index (κ3) is 6.07. The van der Waals surface area contributed by atoms with E-state index in [1.807, 2.05) is 0 Å². The fourth-order valence-electron chi connectivity index (χ4n) is 3.67. The van der Waals surface area contributed by atoms with Crippen LogP contribution in [0.25, 0.3) is 0 Å². The quantitative estimate of drug-likeness (QED) is 0.341. The fourth-order valence-corrected chi connectivity index (χ4v) is 4.11. The summed E-state index contributed by atoms with van der Waals surface area (Å²) in [5, 5.41) is 21.9. The van der Waals surface area contributed by atoms with Gasteiger partial charge in [-0.25, -0.2) is 9.18 Å². The van der Waals surface area contributed by atoms with Gasteiger partial charge in [-0.3, -0.25) is 4.79 Å². The highest BCUT2D eigenvalue weighted by atomic mass is 35.5. The van der Waals surface area contributed by atoms with Crippen LogP contribution < -0.4 is 4.90 Å². The Morgan fingerprint density at radius 1 is 0.971 bits per heavy atom. The van der Waals surface area contributed by atoms with Gasteiger partial charge in [0.2, 0.25) is 5.91 Å². The first-order valence-corrected chi connectivity index (χ1v) is 11.5. The molecule has 3 rings (SSSR count). The second-order valence-electron chi connectivity index (χ2n) is 7.71. The average molecular weight is 525 g/mol. The van der Waals surface area contributed by atoms with Crippen molar-refractivity contribution in [3.8, 4) is 0 Å². The zero-order valence-electron chi connectivity index (χ0n) is 17.8. The molecule has 1 amide bonds. The Kier molecular flexibility index (Phi) is 8.55. The highest BCUT2D eigenvalue weighted by molar-refractivity contribution is 6.42. The second-order valence-corrected chi connectivity index (χ2v) is 8.79. The molecule has 0 aliphatic heterocycles. The Balaban J connectivity index is 2.03. The molecule has 9 heteroatoms. The number of carboxylic acids is 1. The minimum Gasteiger partial charge on any atom is -0.478 e. The fraction of sp³-hybridized carbons (Fsp3) is 0.200. The summed E-state index contributed by atoms with van der Waals surface area (Å²) in [5.41, 5.74) is -0.312. The van der Waals surface area contributed by atoms with E-state index in [9.17, 15) is 24.2 Å². The molecule has 3 aromatic carbocycles. The molecule has 0 bridgehead atoms. The van der Waals surface area contributed by atoms with Crippen LogP contribution in [-0.2, 0) is 16.8 Å². The third-order valence-electron chi connectivity index (χ3n) is 5.49. The van der Waals surface area contributed by atoms with Crippen LogP contribution in [0.2, 0.25) is 10.0 Å². The summed E-state index contributed by atoms with van der Waals surface area (Å²) in [4.78, 5) is 25.6. The van der Waals surface area contributed by atoms with Crippen LogP contribution in [-0.4, -0.2) is 34.5 Å². The largest absolute Gasteiger partial charge is 0.478 e. The van der Waals surface area contributed by atoms with E-state index in [-0.39, 0.29) is 40.9 Å². The number of amides is 1. The van der Waals surface area contributed by atoms with Crippen LogP contribution in [0, 0.1) is 5.82 Å². The molecule has 0 radical (unpaired) electrons. The van der Waals surface area contributed by atoms with Crippen molar-refractivity contribution in [2.45, 2.75) is 18.4 Å². The molecular formula is C25H21Cl3FNO4. The van der Waals surface area contributed by atoms with Crippen molar-refractivity contribution >= 4 is 52.4 Å². The van der Waals surface area contributed by atoms with Crippen LogP contribution in [0.15, 0.2) is 66.7 Å². The normalized spacial score (nSPS) is 12.7. The van der Waals surface area contributed by atoms with E-state index < -0.39 is 23.3 Å². The molecule has 1 unspecified atom stereocenters. The van der Waals surface area contributed by atoms with Gasteiger partial charge >= 0.3 is 5.97 Å². The Morgan fingerprint density at radius 3 is 2.26 bits per heavy atom. The Morgan fingerprint density at radius 2 is 1.65 bits per heavy atom. The standard InChI is InChI=1S/C25H21Cl3FNO4/c26-14-23(31)30(19-8-6-18(29)7-9-19)15-25(34,17-5-10-21(27)22(28)13-17)12-11-16-3-1-2-4-20(16)24(32)33/h1-10,13,34H,11-12,14-15H2,(H,32,33). The number of alkyl halides is 1. The van der Waals surface area contributed by atoms with Crippen molar-refractivity contribution in [1.29, 1.82) is 0 Å². The first-order chi connectivity index (χ1) is 16.1. The van der Waals surface area contributed by atoms with Crippen molar-refractivity contribution in [1.82, 2.24) is 0 Å². The van der Waals surface area contributed by atoms with Crippen LogP contribution in [0.5, 0.6) is 0 Å². The first kappa shape index (κ1) is 26.0. The van der Waals surface area contributed by atoms with Crippen LogP contribution in [0.3, 0.4) is 0 Å². The smallest absolute Gasteiger partial charge is 0.335 e. The number of carboxylic acid groups (broad SMARTS) is 1. The van der Waals surface area contributed by atoms with E-state index in [1.54, 1.807) is 24.3 Å². The second kappa shape index (κ2) is 11.2. The van der Waals surface area contributed by atoms with E-state index in [2.05, 4.69) is 0 Å². The van der Waals surface area contributed by atoms with Gasteiger partial charge in [-0.05, 0) is 66.4 Å². The highest BCUT2D eigenvalue weighted by Gasteiger charge is 2.35. The summed E-state index contributed by atoms with van der Waals surface area (Å²) in [5.74, 6) is -2.43. The molecular weight excluding hydrogens is 504 g/mol. The minimum absolute atomic E-state index is 0.0442. The number of anilines is 1. The molecule has 0 saturated heterocycles. The predicted octanol–water partition coefficient (Wildman–Crippen LogP) is 5.92. The number of aliphatic hydroxyl groups is 1. The van der Waals surface area contributed by atoms with Gasteiger partial charge in [0.15, 0.2) is 0 Å². The Hall–Kier alpha value is -2.64. The maximum absolute atomic E-state index is 13.5. The number of hydrogen-bond acceptors (Lipinski definition) is 3. The molecule has 3 aromatic rings. The van der Waals surface area contributed by atoms with Crippen molar-refractivity contribution in [3.05, 3.63) is 99.3 Å². The Bertz CT molecular complexity index is 1190. The Labute approximate surface area is 211 Å². The molecule has 34 heavy (non-hydrogen) atoms. The minimum atomic E-state index is -1.67. The number of nitrogens with zero attached hydrogens (tertiary/aromatic N) is 1. The van der Waals surface area contributed by atoms with Gasteiger partial charge in [-0.2, -0.15) is 0 Å². The van der Waals surface area contributed by atoms with Crippen molar-refractivity contribution in [2.24, 2.45) is 0 Å². The summed E-state index contributed by atoms with van der Waals surface area (Å²) in [6.07, 6.45) is 0.230. The SMILES string of the molecule is O=C(O)c1ccccc1CCC(O)(CN(C(=O)CCl)c1ccc(F)cc1)c1ccc(Cl)c(Cl)c1. The lowest BCUT2D eigenvalue weighted by atomic mass is 9.86. The summed E-state index contributed by atoms with van der Waals surface area (Å²) >= 11 is 18.1. The third-order valence-corrected chi connectivity index (χ3v) is 6.45. The monoisotopic (exact) mass is 523 g/mol. The zero-order chi connectivity index (χ0) is 24.9. The van der Waals surface area contributed by atoms with Gasteiger partial charge in [0.1, 0.15) is 17.3 Å². The summed E-state index contributed by atoms with van der Waals surface area (Å²) in [6, 6.07) is 16.3. The molecule has 0 spiro atoms. The number of hydrogen-bond donors (Lipinski definition) is 2. The van der Waals surface area contributed by atoms with E-state index >= 15 is 0 Å². The molecule has 0 aromatic heterocycles.